The number of halogens is 1. The summed E-state index contributed by atoms with van der Waals surface area (Å²) in [5.74, 6) is 1.37. The van der Waals surface area contributed by atoms with E-state index in [9.17, 15) is 0 Å². The van der Waals surface area contributed by atoms with Gasteiger partial charge in [-0.25, -0.2) is 4.68 Å². The molecule has 0 fully saturated rings. The van der Waals surface area contributed by atoms with Crippen LogP contribution in [0.2, 0.25) is 5.02 Å². The summed E-state index contributed by atoms with van der Waals surface area (Å²) >= 11 is 5.91. The molecular formula is C15H11ClN2O. The average molecular weight is 271 g/mol. The number of para-hydroxylation sites is 1. The molecule has 0 aliphatic heterocycles. The summed E-state index contributed by atoms with van der Waals surface area (Å²) in [6.07, 6.45) is 3.50. The van der Waals surface area contributed by atoms with Gasteiger partial charge in [0.05, 0.1) is 18.1 Å². The van der Waals surface area contributed by atoms with E-state index in [1.807, 2.05) is 54.7 Å². The Morgan fingerprint density at radius 3 is 2.58 bits per heavy atom. The predicted molar refractivity (Wildman–Crippen MR) is 75.1 cm³/mol. The Kier molecular flexibility index (Phi) is 3.21. The van der Waals surface area contributed by atoms with Crippen LogP contribution in [0.3, 0.4) is 0 Å². The molecule has 1 heterocycles. The van der Waals surface area contributed by atoms with Crippen LogP contribution >= 0.6 is 11.6 Å². The van der Waals surface area contributed by atoms with Crippen LogP contribution in [0.25, 0.3) is 5.69 Å². The fraction of sp³-hybridized carbons (Fsp3) is 0. The minimum Gasteiger partial charge on any atom is -0.454 e. The Morgan fingerprint density at radius 2 is 1.79 bits per heavy atom. The Morgan fingerprint density at radius 1 is 0.947 bits per heavy atom. The van der Waals surface area contributed by atoms with Crippen molar-refractivity contribution in [2.24, 2.45) is 0 Å². The van der Waals surface area contributed by atoms with Crippen LogP contribution in [-0.2, 0) is 0 Å². The van der Waals surface area contributed by atoms with E-state index in [2.05, 4.69) is 5.10 Å². The normalized spacial score (nSPS) is 10.4. The van der Waals surface area contributed by atoms with Gasteiger partial charge in [-0.15, -0.1) is 0 Å². The van der Waals surface area contributed by atoms with Crippen LogP contribution in [0.5, 0.6) is 11.5 Å². The smallest absolute Gasteiger partial charge is 0.165 e. The summed E-state index contributed by atoms with van der Waals surface area (Å²) in [6, 6.07) is 17.1. The Hall–Kier alpha value is -2.26. The van der Waals surface area contributed by atoms with Gasteiger partial charge in [0.15, 0.2) is 5.75 Å². The number of aromatic nitrogens is 2. The molecule has 0 unspecified atom stereocenters. The third-order valence-electron chi connectivity index (χ3n) is 2.61. The van der Waals surface area contributed by atoms with E-state index in [1.165, 1.54) is 0 Å². The first-order chi connectivity index (χ1) is 9.31. The van der Waals surface area contributed by atoms with Crippen molar-refractivity contribution in [3.63, 3.8) is 0 Å². The van der Waals surface area contributed by atoms with Crippen molar-refractivity contribution in [2.45, 2.75) is 0 Å². The lowest BCUT2D eigenvalue weighted by Gasteiger charge is -2.02. The van der Waals surface area contributed by atoms with Gasteiger partial charge in [0.25, 0.3) is 0 Å². The highest BCUT2D eigenvalue weighted by Crippen LogP contribution is 2.24. The molecular weight excluding hydrogens is 260 g/mol. The third kappa shape index (κ3) is 2.77. The fourth-order valence-corrected chi connectivity index (χ4v) is 1.93. The first-order valence-electron chi connectivity index (χ1n) is 5.85. The Balaban J connectivity index is 1.82. The number of hydrogen-bond acceptors (Lipinski definition) is 2. The molecule has 0 amide bonds. The summed E-state index contributed by atoms with van der Waals surface area (Å²) in [5, 5.41) is 4.91. The van der Waals surface area contributed by atoms with Crippen LogP contribution < -0.4 is 4.74 Å². The van der Waals surface area contributed by atoms with Crippen molar-refractivity contribution < 1.29 is 4.74 Å². The van der Waals surface area contributed by atoms with Gasteiger partial charge in [-0.05, 0) is 30.3 Å². The summed E-state index contributed by atoms with van der Waals surface area (Å²) in [7, 11) is 0. The molecule has 0 aliphatic carbocycles. The van der Waals surface area contributed by atoms with Crippen LogP contribution in [0, 0.1) is 0 Å². The van der Waals surface area contributed by atoms with Gasteiger partial charge < -0.3 is 4.74 Å². The molecule has 3 aromatic rings. The lowest BCUT2D eigenvalue weighted by atomic mass is 10.3. The molecule has 0 N–H and O–H groups in total. The molecule has 1 aromatic heterocycles. The van der Waals surface area contributed by atoms with Crippen molar-refractivity contribution in [3.8, 4) is 17.2 Å². The van der Waals surface area contributed by atoms with Crippen molar-refractivity contribution in [1.29, 1.82) is 0 Å². The second kappa shape index (κ2) is 5.16. The molecule has 3 rings (SSSR count). The van der Waals surface area contributed by atoms with Crippen LogP contribution in [0.4, 0.5) is 0 Å². The van der Waals surface area contributed by atoms with Crippen molar-refractivity contribution in [1.82, 2.24) is 9.78 Å². The van der Waals surface area contributed by atoms with Crippen LogP contribution in [0.15, 0.2) is 67.0 Å². The Labute approximate surface area is 116 Å². The maximum Gasteiger partial charge on any atom is 0.165 e. The maximum absolute atomic E-state index is 5.91. The van der Waals surface area contributed by atoms with Gasteiger partial charge in [0.1, 0.15) is 5.75 Å². The molecule has 0 saturated carbocycles. The highest BCUT2D eigenvalue weighted by Gasteiger charge is 2.03. The molecule has 0 saturated heterocycles. The highest BCUT2D eigenvalue weighted by molar-refractivity contribution is 6.30. The third-order valence-corrected chi connectivity index (χ3v) is 2.85. The first kappa shape index (κ1) is 11.8. The zero-order valence-corrected chi connectivity index (χ0v) is 10.8. The molecule has 0 radical (unpaired) electrons. The van der Waals surface area contributed by atoms with E-state index >= 15 is 0 Å². The molecule has 19 heavy (non-hydrogen) atoms. The van der Waals surface area contributed by atoms with Gasteiger partial charge >= 0.3 is 0 Å². The summed E-state index contributed by atoms with van der Waals surface area (Å²) in [4.78, 5) is 0. The first-order valence-corrected chi connectivity index (χ1v) is 6.22. The predicted octanol–water partition coefficient (Wildman–Crippen LogP) is 4.32. The van der Waals surface area contributed by atoms with Crippen LogP contribution in [0.1, 0.15) is 0 Å². The molecule has 0 bridgehead atoms. The molecule has 2 aromatic carbocycles. The lowest BCUT2D eigenvalue weighted by Crippen LogP contribution is -1.92. The van der Waals surface area contributed by atoms with Crippen molar-refractivity contribution in [3.05, 3.63) is 72.0 Å². The number of ether oxygens (including phenoxy) is 1. The highest BCUT2D eigenvalue weighted by atomic mass is 35.5. The lowest BCUT2D eigenvalue weighted by molar-refractivity contribution is 0.482. The second-order valence-corrected chi connectivity index (χ2v) is 4.45. The number of benzene rings is 2. The molecule has 0 atom stereocenters. The van der Waals surface area contributed by atoms with Gasteiger partial charge in [-0.2, -0.15) is 5.10 Å². The number of nitrogens with zero attached hydrogens (tertiary/aromatic N) is 2. The second-order valence-electron chi connectivity index (χ2n) is 4.02. The van der Waals surface area contributed by atoms with Gasteiger partial charge in [-0.3, -0.25) is 0 Å². The van der Waals surface area contributed by atoms with Crippen molar-refractivity contribution in [2.75, 3.05) is 0 Å². The van der Waals surface area contributed by atoms with E-state index in [0.717, 1.165) is 5.69 Å². The molecule has 4 heteroatoms. The summed E-state index contributed by atoms with van der Waals surface area (Å²) < 4.78 is 7.46. The van der Waals surface area contributed by atoms with E-state index < -0.39 is 0 Å². The summed E-state index contributed by atoms with van der Waals surface area (Å²) in [6.45, 7) is 0. The van der Waals surface area contributed by atoms with Gasteiger partial charge in [0, 0.05) is 5.02 Å². The average Bonchev–Trinajstić information content (AvgIpc) is 2.88. The minimum atomic E-state index is 0.646. The van der Waals surface area contributed by atoms with Crippen molar-refractivity contribution >= 4 is 11.6 Å². The van der Waals surface area contributed by atoms with E-state index in [-0.39, 0.29) is 0 Å². The number of rotatable bonds is 3. The number of hydrogen-bond donors (Lipinski definition) is 0. The molecule has 3 nitrogen and oxygen atoms in total. The maximum atomic E-state index is 5.91. The SMILES string of the molecule is Clc1cccc(Oc2cnn(-c3ccccc3)c2)c1. The summed E-state index contributed by atoms with van der Waals surface area (Å²) in [5.41, 5.74) is 0.989. The zero-order valence-electron chi connectivity index (χ0n) is 10.0. The van der Waals surface area contributed by atoms with Gasteiger partial charge in [0.2, 0.25) is 0 Å². The monoisotopic (exact) mass is 270 g/mol. The quantitative estimate of drug-likeness (QED) is 0.709. The van der Waals surface area contributed by atoms with E-state index in [4.69, 9.17) is 16.3 Å². The standard InChI is InChI=1S/C15H11ClN2O/c16-12-5-4-8-14(9-12)19-15-10-17-18(11-15)13-6-2-1-3-7-13/h1-11H. The zero-order chi connectivity index (χ0) is 13.1. The van der Waals surface area contributed by atoms with E-state index in [0.29, 0.717) is 16.5 Å². The van der Waals surface area contributed by atoms with E-state index in [1.54, 1.807) is 16.9 Å². The largest absolute Gasteiger partial charge is 0.454 e. The topological polar surface area (TPSA) is 27.1 Å². The molecule has 0 aliphatic rings. The van der Waals surface area contributed by atoms with Crippen LogP contribution in [-0.4, -0.2) is 9.78 Å². The fourth-order valence-electron chi connectivity index (χ4n) is 1.75. The van der Waals surface area contributed by atoms with Gasteiger partial charge in [-0.1, -0.05) is 35.9 Å². The Bertz CT molecular complexity index is 679. The molecule has 94 valence electrons. The minimum absolute atomic E-state index is 0.646. The molecule has 0 spiro atoms.